The summed E-state index contributed by atoms with van der Waals surface area (Å²) in [4.78, 5) is 0. The Morgan fingerprint density at radius 3 is 2.14 bits per heavy atom. The Bertz CT molecular complexity index is 754. The molecular formula is C15H17NO5S. The van der Waals surface area contributed by atoms with Gasteiger partial charge in [-0.05, 0) is 48.2 Å². The first-order chi connectivity index (χ1) is 10.5. The third kappa shape index (κ3) is 4.12. The predicted octanol–water partition coefficient (Wildman–Crippen LogP) is 2.45. The summed E-state index contributed by atoms with van der Waals surface area (Å²) in [6.45, 7) is 0. The summed E-state index contributed by atoms with van der Waals surface area (Å²) >= 11 is 0. The average molecular weight is 323 g/mol. The molecule has 1 atom stereocenters. The Morgan fingerprint density at radius 1 is 0.955 bits per heavy atom. The van der Waals surface area contributed by atoms with E-state index in [0.717, 1.165) is 11.1 Å². The molecule has 2 rings (SSSR count). The minimum atomic E-state index is -2.19. The molecule has 0 fully saturated rings. The second kappa shape index (κ2) is 7.15. The summed E-state index contributed by atoms with van der Waals surface area (Å²) in [7, 11) is -0.912. The van der Waals surface area contributed by atoms with Crippen LogP contribution in [0.25, 0.3) is 0 Å². The van der Waals surface area contributed by atoms with Gasteiger partial charge in [0, 0.05) is 0 Å². The van der Waals surface area contributed by atoms with Crippen molar-refractivity contribution in [2.24, 2.45) is 4.36 Å². The summed E-state index contributed by atoms with van der Waals surface area (Å²) in [5.41, 5.74) is 1.97. The lowest BCUT2D eigenvalue weighted by molar-refractivity contribution is 0.403. The average Bonchev–Trinajstić information content (AvgIpc) is 2.51. The van der Waals surface area contributed by atoms with Gasteiger partial charge in [-0.1, -0.05) is 12.1 Å². The largest absolute Gasteiger partial charge is 0.506 e. The van der Waals surface area contributed by atoms with E-state index in [2.05, 4.69) is 8.55 Å². The molecule has 0 heterocycles. The van der Waals surface area contributed by atoms with Crippen molar-refractivity contribution < 1.29 is 23.7 Å². The maximum atomic E-state index is 11.3. The highest BCUT2D eigenvalue weighted by Gasteiger charge is 2.05. The molecule has 0 aliphatic carbocycles. The molecule has 0 saturated carbocycles. The van der Waals surface area contributed by atoms with Crippen molar-refractivity contribution in [1.29, 1.82) is 0 Å². The summed E-state index contributed by atoms with van der Waals surface area (Å²) in [6.07, 6.45) is 1.27. The molecule has 0 aromatic heterocycles. The van der Waals surface area contributed by atoms with Gasteiger partial charge in [-0.15, -0.1) is 0 Å². The number of rotatable bonds is 5. The fraction of sp³-hybridized carbons (Fsp3) is 0.200. The molecule has 3 N–H and O–H groups in total. The number of hydrogen-bond acceptors (Lipinski definition) is 6. The highest BCUT2D eigenvalue weighted by atomic mass is 32.2. The van der Waals surface area contributed by atoms with Crippen LogP contribution in [0, 0.1) is 0 Å². The van der Waals surface area contributed by atoms with Gasteiger partial charge in [0.1, 0.15) is 11.4 Å². The van der Waals surface area contributed by atoms with E-state index in [0.29, 0.717) is 12.8 Å². The molecule has 0 radical (unpaired) electrons. The van der Waals surface area contributed by atoms with Crippen molar-refractivity contribution >= 4 is 16.6 Å². The normalized spacial score (nSPS) is 12.4. The van der Waals surface area contributed by atoms with Crippen LogP contribution >= 0.6 is 0 Å². The van der Waals surface area contributed by atoms with Crippen LogP contribution in [0.15, 0.2) is 40.8 Å². The van der Waals surface area contributed by atoms with Gasteiger partial charge in [0.25, 0.3) is 0 Å². The second-order valence-corrected chi connectivity index (χ2v) is 5.71. The molecular weight excluding hydrogens is 306 g/mol. The Kier molecular flexibility index (Phi) is 5.24. The Labute approximate surface area is 130 Å². The molecule has 0 bridgehead atoms. The third-order valence-electron chi connectivity index (χ3n) is 3.13. The molecule has 7 heteroatoms. The number of hydrogen-bond donors (Lipinski definition) is 4. The van der Waals surface area contributed by atoms with Crippen LogP contribution in [-0.4, -0.2) is 26.6 Å². The van der Waals surface area contributed by atoms with Gasteiger partial charge in [0.15, 0.2) is 22.4 Å². The van der Waals surface area contributed by atoms with Crippen LogP contribution in [0.1, 0.15) is 11.1 Å². The molecule has 0 spiro atoms. The summed E-state index contributed by atoms with van der Waals surface area (Å²) in [5.74, 6) is -0.375. The summed E-state index contributed by atoms with van der Waals surface area (Å²) in [6, 6.07) is 9.54. The zero-order chi connectivity index (χ0) is 16.1. The first-order valence-corrected chi connectivity index (χ1v) is 7.68. The minimum Gasteiger partial charge on any atom is -0.506 e. The lowest BCUT2D eigenvalue weighted by Crippen LogP contribution is -1.91. The molecule has 0 saturated heterocycles. The van der Waals surface area contributed by atoms with Crippen molar-refractivity contribution in [2.45, 2.75) is 12.8 Å². The topological polar surface area (TPSA) is 99.4 Å². The highest BCUT2D eigenvalue weighted by Crippen LogP contribution is 2.29. The fourth-order valence-electron chi connectivity index (χ4n) is 1.95. The Hall–Kier alpha value is -2.25. The van der Waals surface area contributed by atoms with Crippen molar-refractivity contribution in [1.82, 2.24) is 0 Å². The summed E-state index contributed by atoms with van der Waals surface area (Å²) in [5, 5.41) is 28.4. The number of phenols is 3. The number of benzene rings is 2. The molecule has 0 aliphatic rings. The zero-order valence-electron chi connectivity index (χ0n) is 11.9. The smallest absolute Gasteiger partial charge is 0.157 e. The SMILES string of the molecule is CO[SH](=O)=Nc1cc(CCc2ccc(O)c(O)c2)ccc1O. The van der Waals surface area contributed by atoms with Gasteiger partial charge >= 0.3 is 0 Å². The maximum absolute atomic E-state index is 11.3. The molecule has 2 aromatic rings. The number of aromatic hydroxyl groups is 3. The third-order valence-corrected chi connectivity index (χ3v) is 3.82. The van der Waals surface area contributed by atoms with Crippen LogP contribution in [-0.2, 0) is 27.9 Å². The fourth-order valence-corrected chi connectivity index (χ4v) is 2.36. The van der Waals surface area contributed by atoms with E-state index < -0.39 is 10.9 Å². The minimum absolute atomic E-state index is 0.0635. The van der Waals surface area contributed by atoms with Crippen molar-refractivity contribution in [3.63, 3.8) is 0 Å². The van der Waals surface area contributed by atoms with Gasteiger partial charge in [0.05, 0.1) is 7.11 Å². The van der Waals surface area contributed by atoms with Crippen LogP contribution in [0.2, 0.25) is 0 Å². The van der Waals surface area contributed by atoms with Gasteiger partial charge in [0.2, 0.25) is 0 Å². The summed E-state index contributed by atoms with van der Waals surface area (Å²) < 4.78 is 19.7. The van der Waals surface area contributed by atoms with Crippen LogP contribution in [0.5, 0.6) is 17.2 Å². The molecule has 1 unspecified atom stereocenters. The van der Waals surface area contributed by atoms with E-state index in [-0.39, 0.29) is 22.9 Å². The van der Waals surface area contributed by atoms with E-state index in [9.17, 15) is 19.5 Å². The first-order valence-electron chi connectivity index (χ1n) is 6.55. The number of phenolic OH excluding ortho intramolecular Hbond substituents is 3. The van der Waals surface area contributed by atoms with Crippen molar-refractivity contribution in [3.8, 4) is 17.2 Å². The van der Waals surface area contributed by atoms with E-state index in [1.807, 2.05) is 0 Å². The lowest BCUT2D eigenvalue weighted by Gasteiger charge is -2.06. The highest BCUT2D eigenvalue weighted by molar-refractivity contribution is 7.69. The maximum Gasteiger partial charge on any atom is 0.157 e. The van der Waals surface area contributed by atoms with Crippen LogP contribution < -0.4 is 0 Å². The first kappa shape index (κ1) is 16.1. The number of nitrogens with zero attached hydrogens (tertiary/aromatic N) is 1. The van der Waals surface area contributed by atoms with E-state index in [1.165, 1.54) is 25.3 Å². The van der Waals surface area contributed by atoms with E-state index in [1.54, 1.807) is 18.2 Å². The Morgan fingerprint density at radius 2 is 1.55 bits per heavy atom. The van der Waals surface area contributed by atoms with Crippen LogP contribution in [0.4, 0.5) is 5.69 Å². The number of thiol groups is 1. The van der Waals surface area contributed by atoms with Gasteiger partial charge < -0.3 is 15.3 Å². The van der Waals surface area contributed by atoms with E-state index >= 15 is 0 Å². The van der Waals surface area contributed by atoms with Crippen molar-refractivity contribution in [3.05, 3.63) is 47.5 Å². The Balaban J connectivity index is 2.14. The molecule has 2 aromatic carbocycles. The number of aryl methyl sites for hydroxylation is 2. The van der Waals surface area contributed by atoms with Crippen molar-refractivity contribution in [2.75, 3.05) is 7.11 Å². The predicted molar refractivity (Wildman–Crippen MR) is 83.9 cm³/mol. The van der Waals surface area contributed by atoms with Gasteiger partial charge in [-0.3, -0.25) is 4.18 Å². The lowest BCUT2D eigenvalue weighted by atomic mass is 10.0. The van der Waals surface area contributed by atoms with Crippen LogP contribution in [0.3, 0.4) is 0 Å². The zero-order valence-corrected chi connectivity index (χ0v) is 12.8. The standard InChI is InChI=1S/C15H17NO5S/c1-21-22(20)16-12-8-10(4-6-13(12)17)2-3-11-5-7-14(18)15(19)9-11/h4-9,17-19,22H,2-3H2,1H3. The molecule has 6 nitrogen and oxygen atoms in total. The second-order valence-electron chi connectivity index (χ2n) is 4.67. The monoisotopic (exact) mass is 323 g/mol. The molecule has 118 valence electrons. The van der Waals surface area contributed by atoms with Gasteiger partial charge in [-0.2, -0.15) is 4.36 Å². The van der Waals surface area contributed by atoms with E-state index in [4.69, 9.17) is 0 Å². The quantitative estimate of drug-likeness (QED) is 0.500. The molecule has 0 amide bonds. The molecule has 0 aliphatic heterocycles. The van der Waals surface area contributed by atoms with Gasteiger partial charge in [-0.25, -0.2) is 4.21 Å². The molecule has 22 heavy (non-hydrogen) atoms.